The Morgan fingerprint density at radius 3 is 2.53 bits per heavy atom. The molecule has 1 aromatic carbocycles. The van der Waals surface area contributed by atoms with E-state index in [2.05, 4.69) is 22.9 Å². The van der Waals surface area contributed by atoms with Crippen LogP contribution in [0.1, 0.15) is 29.8 Å². The minimum atomic E-state index is -0.720. The van der Waals surface area contributed by atoms with Crippen molar-refractivity contribution in [2.45, 2.75) is 19.4 Å². The van der Waals surface area contributed by atoms with Crippen LogP contribution >= 0.6 is 12.6 Å². The maximum absolute atomic E-state index is 11.7. The molecule has 0 aromatic heterocycles. The lowest BCUT2D eigenvalue weighted by Gasteiger charge is -2.09. The minimum Gasteiger partial charge on any atom is -0.351 e. The quantitative estimate of drug-likeness (QED) is 0.473. The predicted octanol–water partition coefficient (Wildman–Crippen LogP) is 1.74. The highest BCUT2D eigenvalue weighted by Gasteiger charge is 2.12. The third kappa shape index (κ3) is 5.26. The Hall–Kier alpha value is -1.62. The SMILES string of the molecule is CC(C)(C=O)N=Cc1ccc(C(=O)NCCS)cc1. The van der Waals surface area contributed by atoms with Gasteiger partial charge in [0.15, 0.2) is 0 Å². The molecule has 1 amide bonds. The standard InChI is InChI=1S/C14H18N2O2S/c1-14(2,10-17)16-9-11-3-5-12(6-4-11)13(18)15-7-8-19/h3-6,9-10,19H,7-8H2,1-2H3,(H,15,18). The van der Waals surface area contributed by atoms with E-state index >= 15 is 0 Å². The summed E-state index contributed by atoms with van der Waals surface area (Å²) in [6, 6.07) is 7.03. The van der Waals surface area contributed by atoms with Crippen LogP contribution < -0.4 is 5.32 Å². The van der Waals surface area contributed by atoms with E-state index in [9.17, 15) is 9.59 Å². The molecule has 0 heterocycles. The minimum absolute atomic E-state index is 0.120. The molecule has 102 valence electrons. The molecule has 1 aromatic rings. The average molecular weight is 278 g/mol. The lowest BCUT2D eigenvalue weighted by molar-refractivity contribution is -0.111. The molecule has 4 nitrogen and oxygen atoms in total. The van der Waals surface area contributed by atoms with Crippen LogP contribution in [0.3, 0.4) is 0 Å². The largest absolute Gasteiger partial charge is 0.351 e. The molecular weight excluding hydrogens is 260 g/mol. The molecule has 0 aliphatic heterocycles. The summed E-state index contributed by atoms with van der Waals surface area (Å²) < 4.78 is 0. The second-order valence-corrected chi connectivity index (χ2v) is 5.08. The maximum atomic E-state index is 11.7. The molecule has 0 radical (unpaired) electrons. The van der Waals surface area contributed by atoms with Crippen molar-refractivity contribution >= 4 is 31.0 Å². The molecule has 0 spiro atoms. The Morgan fingerprint density at radius 1 is 1.37 bits per heavy atom. The molecule has 0 unspecified atom stereocenters. The monoisotopic (exact) mass is 278 g/mol. The normalized spacial score (nSPS) is 11.5. The number of rotatable bonds is 6. The highest BCUT2D eigenvalue weighted by atomic mass is 32.1. The van der Waals surface area contributed by atoms with Gasteiger partial charge in [0.25, 0.3) is 5.91 Å². The first-order chi connectivity index (χ1) is 8.98. The zero-order chi connectivity index (χ0) is 14.3. The first kappa shape index (κ1) is 15.4. The van der Waals surface area contributed by atoms with Gasteiger partial charge in [-0.05, 0) is 31.5 Å². The van der Waals surface area contributed by atoms with Gasteiger partial charge in [-0.1, -0.05) is 12.1 Å². The van der Waals surface area contributed by atoms with Crippen LogP contribution in [-0.2, 0) is 4.79 Å². The van der Waals surface area contributed by atoms with Crippen LogP contribution in [0.15, 0.2) is 29.3 Å². The van der Waals surface area contributed by atoms with Crippen LogP contribution in [0.5, 0.6) is 0 Å². The van der Waals surface area contributed by atoms with E-state index in [0.717, 1.165) is 11.8 Å². The Morgan fingerprint density at radius 2 is 2.00 bits per heavy atom. The summed E-state index contributed by atoms with van der Waals surface area (Å²) in [5, 5.41) is 2.74. The number of aliphatic imine (C=N–C) groups is 1. The molecule has 1 rings (SSSR count). The van der Waals surface area contributed by atoms with Crippen molar-refractivity contribution in [1.82, 2.24) is 5.32 Å². The molecule has 0 saturated heterocycles. The first-order valence-corrected chi connectivity index (χ1v) is 6.62. The van der Waals surface area contributed by atoms with Crippen molar-refractivity contribution in [2.75, 3.05) is 12.3 Å². The number of nitrogens with one attached hydrogen (secondary N) is 1. The van der Waals surface area contributed by atoms with Gasteiger partial charge in [0.2, 0.25) is 0 Å². The van der Waals surface area contributed by atoms with Gasteiger partial charge in [0, 0.05) is 24.1 Å². The summed E-state index contributed by atoms with van der Waals surface area (Å²) in [4.78, 5) is 26.5. The molecule has 0 aliphatic rings. The predicted molar refractivity (Wildman–Crippen MR) is 80.4 cm³/mol. The summed E-state index contributed by atoms with van der Waals surface area (Å²) in [6.45, 7) is 4.00. The van der Waals surface area contributed by atoms with Crippen molar-refractivity contribution in [3.8, 4) is 0 Å². The van der Waals surface area contributed by atoms with Gasteiger partial charge in [-0.2, -0.15) is 12.6 Å². The molecule has 19 heavy (non-hydrogen) atoms. The zero-order valence-electron chi connectivity index (χ0n) is 11.1. The van der Waals surface area contributed by atoms with E-state index in [1.54, 1.807) is 44.3 Å². The van der Waals surface area contributed by atoms with Gasteiger partial charge in [-0.3, -0.25) is 9.79 Å². The molecule has 1 N–H and O–H groups in total. The summed E-state index contributed by atoms with van der Waals surface area (Å²) >= 11 is 4.03. The molecule has 0 bridgehead atoms. The number of carbonyl (C=O) groups excluding carboxylic acids is 2. The molecule has 0 aliphatic carbocycles. The topological polar surface area (TPSA) is 58.5 Å². The third-order valence-corrected chi connectivity index (χ3v) is 2.63. The van der Waals surface area contributed by atoms with Gasteiger partial charge in [-0.25, -0.2) is 0 Å². The highest BCUT2D eigenvalue weighted by molar-refractivity contribution is 7.80. The van der Waals surface area contributed by atoms with Gasteiger partial charge in [-0.15, -0.1) is 0 Å². The molecule has 0 atom stereocenters. The maximum Gasteiger partial charge on any atom is 0.251 e. The zero-order valence-corrected chi connectivity index (χ0v) is 12.0. The average Bonchev–Trinajstić information content (AvgIpc) is 2.43. The fraction of sp³-hybridized carbons (Fsp3) is 0.357. The number of nitrogens with zero attached hydrogens (tertiary/aromatic N) is 1. The Balaban J connectivity index is 2.71. The lowest BCUT2D eigenvalue weighted by atomic mass is 10.1. The summed E-state index contributed by atoms with van der Waals surface area (Å²) in [5.41, 5.74) is 0.719. The van der Waals surface area contributed by atoms with Gasteiger partial charge < -0.3 is 10.1 Å². The molecule has 5 heteroatoms. The van der Waals surface area contributed by atoms with Crippen molar-refractivity contribution in [3.05, 3.63) is 35.4 Å². The van der Waals surface area contributed by atoms with E-state index in [1.165, 1.54) is 0 Å². The first-order valence-electron chi connectivity index (χ1n) is 5.99. The number of carbonyl (C=O) groups is 2. The summed E-state index contributed by atoms with van der Waals surface area (Å²) in [5.74, 6) is 0.489. The van der Waals surface area contributed by atoms with E-state index in [-0.39, 0.29) is 5.91 Å². The lowest BCUT2D eigenvalue weighted by Crippen LogP contribution is -2.25. The number of thiol groups is 1. The van der Waals surface area contributed by atoms with Gasteiger partial charge >= 0.3 is 0 Å². The Bertz CT molecular complexity index is 467. The van der Waals surface area contributed by atoms with Crippen LogP contribution in [0.2, 0.25) is 0 Å². The van der Waals surface area contributed by atoms with Crippen molar-refractivity contribution in [3.63, 3.8) is 0 Å². The Labute approximate surface area is 118 Å². The van der Waals surface area contributed by atoms with E-state index in [0.29, 0.717) is 17.9 Å². The number of amides is 1. The highest BCUT2D eigenvalue weighted by Crippen LogP contribution is 2.07. The van der Waals surface area contributed by atoms with Gasteiger partial charge in [0.05, 0.1) is 0 Å². The van der Waals surface area contributed by atoms with E-state index < -0.39 is 5.54 Å². The fourth-order valence-corrected chi connectivity index (χ4v) is 1.38. The van der Waals surface area contributed by atoms with Crippen LogP contribution in [0.25, 0.3) is 0 Å². The second kappa shape index (κ2) is 7.09. The van der Waals surface area contributed by atoms with Crippen LogP contribution in [0.4, 0.5) is 0 Å². The molecular formula is C14H18N2O2S. The smallest absolute Gasteiger partial charge is 0.251 e. The number of aldehydes is 1. The van der Waals surface area contributed by atoms with E-state index in [4.69, 9.17) is 0 Å². The van der Waals surface area contributed by atoms with E-state index in [1.807, 2.05) is 0 Å². The summed E-state index contributed by atoms with van der Waals surface area (Å²) in [6.07, 6.45) is 2.42. The van der Waals surface area contributed by atoms with Crippen molar-refractivity contribution in [1.29, 1.82) is 0 Å². The second-order valence-electron chi connectivity index (χ2n) is 4.63. The van der Waals surface area contributed by atoms with Crippen LogP contribution in [0, 0.1) is 0 Å². The fourth-order valence-electron chi connectivity index (χ4n) is 1.26. The van der Waals surface area contributed by atoms with Crippen molar-refractivity contribution < 1.29 is 9.59 Å². The molecule has 0 saturated carbocycles. The summed E-state index contributed by atoms with van der Waals surface area (Å²) in [7, 11) is 0. The number of hydrogen-bond acceptors (Lipinski definition) is 4. The van der Waals surface area contributed by atoms with Crippen LogP contribution in [-0.4, -0.2) is 36.2 Å². The van der Waals surface area contributed by atoms with Crippen molar-refractivity contribution in [2.24, 2.45) is 4.99 Å². The number of benzene rings is 1. The number of hydrogen-bond donors (Lipinski definition) is 2. The Kier molecular flexibility index (Phi) is 5.76. The molecule has 0 fully saturated rings. The third-order valence-electron chi connectivity index (χ3n) is 2.40. The van der Waals surface area contributed by atoms with Gasteiger partial charge in [0.1, 0.15) is 11.8 Å².